The number of fused-ring (bicyclic) bond motifs is 2. The molecule has 0 heterocycles. The number of carbonyl (C=O) groups is 2. The van der Waals surface area contributed by atoms with Crippen molar-refractivity contribution in [3.63, 3.8) is 0 Å². The molecule has 2 aliphatic rings. The SMILES string of the molecule is CC12CCC(C(C(=O)C(F)(F)C(F)(F)C(F)(F)F)C1=O)C2(C)C.O=P(c1ccccc1)(c1ccccc1)c1ccc(P(=O)(c2ccccc2)c2ccccc2)cc1.[Eu]. The number of hydrogen-bond acceptors (Lipinski definition) is 4. The van der Waals surface area contributed by atoms with Gasteiger partial charge in [0.15, 0.2) is 14.3 Å². The van der Waals surface area contributed by atoms with E-state index < -0.39 is 66.5 Å². The first-order chi connectivity index (χ1) is 26.7. The van der Waals surface area contributed by atoms with Crippen molar-refractivity contribution >= 4 is 57.7 Å². The van der Waals surface area contributed by atoms with E-state index in [1.807, 2.05) is 146 Å². The first-order valence-electron chi connectivity index (χ1n) is 18.1. The average Bonchev–Trinajstić information content (AvgIpc) is 3.53. The fraction of sp³-hybridized carbons (Fsp3) is 0.273. The van der Waals surface area contributed by atoms with E-state index in [0.717, 1.165) is 31.8 Å². The van der Waals surface area contributed by atoms with Crippen molar-refractivity contribution in [2.24, 2.45) is 22.7 Å². The summed E-state index contributed by atoms with van der Waals surface area (Å²) in [5.41, 5.74) is -2.10. The van der Waals surface area contributed by atoms with Crippen LogP contribution in [0.2, 0.25) is 0 Å². The van der Waals surface area contributed by atoms with Gasteiger partial charge in [0.05, 0.1) is 5.92 Å². The second kappa shape index (κ2) is 16.8. The van der Waals surface area contributed by atoms with E-state index in [2.05, 4.69) is 0 Å². The van der Waals surface area contributed by atoms with Crippen LogP contribution in [0.25, 0.3) is 0 Å². The van der Waals surface area contributed by atoms with Gasteiger partial charge >= 0.3 is 18.0 Å². The third kappa shape index (κ3) is 7.52. The minimum Gasteiger partial charge on any atom is -0.309 e. The standard InChI is InChI=1S/C30H24O2P2.C14H15F7O2.Eu/c31-33(25-13-5-1-6-14-25,26-15-7-2-8-16-26)29-21-23-30(24-22-29)34(32,27-17-9-3-10-18-27)28-19-11-4-12-20-28;1-10(2)6-4-5-11(10,3)8(22)7(6)9(23)12(15,16)13(17,18)14(19,20)21;/h1-24H;6-7H,4-5H2,1-3H3;. The van der Waals surface area contributed by atoms with Gasteiger partial charge in [-0.1, -0.05) is 166 Å². The molecule has 14 heteroatoms. The van der Waals surface area contributed by atoms with Crippen LogP contribution in [-0.2, 0) is 18.7 Å². The molecule has 305 valence electrons. The summed E-state index contributed by atoms with van der Waals surface area (Å²) >= 11 is 0. The van der Waals surface area contributed by atoms with Crippen LogP contribution in [0.1, 0.15) is 33.6 Å². The van der Waals surface area contributed by atoms with E-state index in [4.69, 9.17) is 0 Å². The third-order valence-corrected chi connectivity index (χ3v) is 18.1. The number of Topliss-reactive ketones (excluding diaryl/α,β-unsaturated/α-hetero) is 2. The molecule has 0 aliphatic heterocycles. The minimum absolute atomic E-state index is 0. The van der Waals surface area contributed by atoms with Crippen LogP contribution in [0.15, 0.2) is 146 Å². The summed E-state index contributed by atoms with van der Waals surface area (Å²) in [5, 5.41) is 4.57. The fourth-order valence-electron chi connectivity index (χ4n) is 8.23. The largest absolute Gasteiger partial charge is 0.460 e. The Kier molecular flexibility index (Phi) is 13.3. The Balaban J connectivity index is 0.000000234. The molecule has 0 spiro atoms. The number of alkyl halides is 7. The summed E-state index contributed by atoms with van der Waals surface area (Å²) in [4.78, 5) is 24.1. The Labute approximate surface area is 373 Å². The predicted octanol–water partition coefficient (Wildman–Crippen LogP) is 9.00. The summed E-state index contributed by atoms with van der Waals surface area (Å²) in [5.74, 6) is -19.2. The zero-order valence-corrected chi connectivity index (χ0v) is 35.7. The first-order valence-corrected chi connectivity index (χ1v) is 21.5. The molecule has 1 radical (unpaired) electrons. The molecule has 2 aliphatic carbocycles. The second-order valence-corrected chi connectivity index (χ2v) is 20.7. The van der Waals surface area contributed by atoms with Gasteiger partial charge in [-0.15, -0.1) is 0 Å². The minimum atomic E-state index is -6.59. The smallest absolute Gasteiger partial charge is 0.309 e. The van der Waals surface area contributed by atoms with Gasteiger partial charge in [-0.05, 0) is 24.2 Å². The number of rotatable bonds is 9. The maximum absolute atomic E-state index is 14.6. The molecule has 0 saturated heterocycles. The van der Waals surface area contributed by atoms with Crippen LogP contribution in [-0.4, -0.2) is 29.6 Å². The molecule has 2 saturated carbocycles. The maximum atomic E-state index is 14.6. The van der Waals surface area contributed by atoms with Crippen LogP contribution in [0.5, 0.6) is 0 Å². The molecule has 4 nitrogen and oxygen atoms in total. The predicted molar refractivity (Wildman–Crippen MR) is 209 cm³/mol. The van der Waals surface area contributed by atoms with Crippen molar-refractivity contribution in [1.82, 2.24) is 0 Å². The van der Waals surface area contributed by atoms with Crippen LogP contribution >= 0.6 is 14.3 Å². The number of ketones is 2. The van der Waals surface area contributed by atoms with Gasteiger partial charge in [0, 0.05) is 86.6 Å². The van der Waals surface area contributed by atoms with Crippen molar-refractivity contribution in [2.45, 2.75) is 51.6 Å². The van der Waals surface area contributed by atoms with Gasteiger partial charge in [-0.3, -0.25) is 9.59 Å². The molecule has 5 aromatic rings. The molecule has 3 atom stereocenters. The molecular weight excluding hydrogens is 939 g/mol. The molecule has 0 N–H and O–H groups in total. The molecule has 5 aromatic carbocycles. The first kappa shape index (κ1) is 46.1. The Morgan fingerprint density at radius 3 is 1.10 bits per heavy atom. The number of hydrogen-bond donors (Lipinski definition) is 0. The van der Waals surface area contributed by atoms with Crippen molar-refractivity contribution < 1.29 is 98.8 Å². The van der Waals surface area contributed by atoms with E-state index in [1.54, 1.807) is 0 Å². The van der Waals surface area contributed by atoms with Gasteiger partial charge in [-0.25, -0.2) is 0 Å². The van der Waals surface area contributed by atoms with E-state index in [9.17, 15) is 49.5 Å². The van der Waals surface area contributed by atoms with Crippen molar-refractivity contribution in [2.75, 3.05) is 0 Å². The molecule has 58 heavy (non-hydrogen) atoms. The van der Waals surface area contributed by atoms with Crippen LogP contribution in [0.4, 0.5) is 30.7 Å². The van der Waals surface area contributed by atoms with E-state index >= 15 is 0 Å². The van der Waals surface area contributed by atoms with Gasteiger partial charge in [-0.2, -0.15) is 30.7 Å². The second-order valence-electron chi connectivity index (χ2n) is 15.1. The van der Waals surface area contributed by atoms with Crippen LogP contribution in [0, 0.1) is 72.0 Å². The molecule has 0 aromatic heterocycles. The summed E-state index contributed by atoms with van der Waals surface area (Å²) in [6, 6.07) is 45.9. The van der Waals surface area contributed by atoms with Crippen molar-refractivity contribution in [3.8, 4) is 0 Å². The summed E-state index contributed by atoms with van der Waals surface area (Å²) in [7, 11) is -6.16. The van der Waals surface area contributed by atoms with E-state index in [-0.39, 0.29) is 62.2 Å². The van der Waals surface area contributed by atoms with Crippen LogP contribution < -0.4 is 31.8 Å². The van der Waals surface area contributed by atoms with Gasteiger partial charge < -0.3 is 9.13 Å². The Morgan fingerprint density at radius 1 is 0.552 bits per heavy atom. The van der Waals surface area contributed by atoms with Gasteiger partial charge in [0.2, 0.25) is 5.78 Å². The van der Waals surface area contributed by atoms with Crippen molar-refractivity contribution in [3.05, 3.63) is 146 Å². The van der Waals surface area contributed by atoms with E-state index in [1.165, 1.54) is 20.8 Å². The molecular formula is C44H39EuF7O4P2. The summed E-state index contributed by atoms with van der Waals surface area (Å²) < 4.78 is 119. The Bertz CT molecular complexity index is 2140. The van der Waals surface area contributed by atoms with E-state index in [0.29, 0.717) is 0 Å². The zero-order valence-electron chi connectivity index (χ0n) is 31.5. The topological polar surface area (TPSA) is 68.3 Å². The zero-order chi connectivity index (χ0) is 41.7. The normalized spacial score (nSPS) is 20.4. The number of carbonyl (C=O) groups excluding carboxylic acids is 2. The molecule has 3 unspecified atom stereocenters. The van der Waals surface area contributed by atoms with Gasteiger partial charge in [0.1, 0.15) is 5.78 Å². The quantitative estimate of drug-likeness (QED) is 0.0841. The summed E-state index contributed by atoms with van der Waals surface area (Å²) in [6.07, 6.45) is -6.15. The van der Waals surface area contributed by atoms with Crippen molar-refractivity contribution in [1.29, 1.82) is 0 Å². The molecule has 2 fully saturated rings. The summed E-state index contributed by atoms with van der Waals surface area (Å²) in [6.45, 7) is 4.51. The Hall–Kier alpha value is -3.01. The third-order valence-electron chi connectivity index (χ3n) is 11.9. The number of benzene rings is 5. The molecule has 7 rings (SSSR count). The fourth-order valence-corrected chi connectivity index (χ4v) is 13.5. The van der Waals surface area contributed by atoms with Crippen LogP contribution in [0.3, 0.4) is 0 Å². The Morgan fingerprint density at radius 2 is 0.845 bits per heavy atom. The number of halogens is 7. The molecule has 2 bridgehead atoms. The average molecular weight is 979 g/mol. The van der Waals surface area contributed by atoms with Gasteiger partial charge in [0.25, 0.3) is 0 Å². The monoisotopic (exact) mass is 979 g/mol. The molecule has 0 amide bonds. The maximum Gasteiger partial charge on any atom is 0.460 e.